The fourth-order valence-corrected chi connectivity index (χ4v) is 3.28. The molecule has 2 aliphatic carbocycles. The van der Waals surface area contributed by atoms with Gasteiger partial charge < -0.3 is 15.7 Å². The van der Waals surface area contributed by atoms with Crippen molar-refractivity contribution in [2.45, 2.75) is 44.1 Å². The van der Waals surface area contributed by atoms with Crippen molar-refractivity contribution in [2.24, 2.45) is 17.1 Å². The first-order chi connectivity index (χ1) is 8.11. The minimum atomic E-state index is -0.195. The molecule has 1 heterocycles. The fraction of sp³-hybridized carbons (Fsp3) is 0.923. The van der Waals surface area contributed by atoms with Crippen molar-refractivity contribution in [3.05, 3.63) is 0 Å². The maximum Gasteiger partial charge on any atom is 0.230 e. The third kappa shape index (κ3) is 1.69. The number of carbonyl (C=O) groups is 1. The minimum Gasteiger partial charge on any atom is -0.396 e. The number of amides is 1. The van der Waals surface area contributed by atoms with Crippen molar-refractivity contribution in [1.29, 1.82) is 0 Å². The summed E-state index contributed by atoms with van der Waals surface area (Å²) in [5, 5.41) is 9.10. The number of aliphatic hydroxyl groups is 1. The predicted octanol–water partition coefficient (Wildman–Crippen LogP) is 0.489. The molecule has 3 N–H and O–H groups in total. The number of carbonyl (C=O) groups excluding carboxylic acids is 1. The molecule has 0 radical (unpaired) electrons. The Morgan fingerprint density at radius 2 is 1.82 bits per heavy atom. The normalized spacial score (nSPS) is 30.1. The van der Waals surface area contributed by atoms with Gasteiger partial charge in [0, 0.05) is 25.2 Å². The van der Waals surface area contributed by atoms with Crippen LogP contribution >= 0.6 is 0 Å². The SMILES string of the molecule is NC1(C2(C(=O)N3CCC(CO)CC3)CC2)CC1. The summed E-state index contributed by atoms with van der Waals surface area (Å²) in [5.41, 5.74) is 5.90. The van der Waals surface area contributed by atoms with E-state index in [4.69, 9.17) is 10.8 Å². The van der Waals surface area contributed by atoms with Crippen molar-refractivity contribution in [3.63, 3.8) is 0 Å². The third-order valence-corrected chi connectivity index (χ3v) is 5.06. The lowest BCUT2D eigenvalue weighted by atomic mass is 9.90. The lowest BCUT2D eigenvalue weighted by Gasteiger charge is -2.35. The molecule has 0 spiro atoms. The Morgan fingerprint density at radius 1 is 1.24 bits per heavy atom. The second-order valence-electron chi connectivity index (χ2n) is 6.16. The van der Waals surface area contributed by atoms with Gasteiger partial charge in [-0.05, 0) is 44.4 Å². The monoisotopic (exact) mass is 238 g/mol. The van der Waals surface area contributed by atoms with Gasteiger partial charge in [0.1, 0.15) is 0 Å². The van der Waals surface area contributed by atoms with Gasteiger partial charge in [0.2, 0.25) is 5.91 Å². The maximum absolute atomic E-state index is 12.5. The number of nitrogens with two attached hydrogens (primary N) is 1. The van der Waals surface area contributed by atoms with Gasteiger partial charge in [-0.2, -0.15) is 0 Å². The van der Waals surface area contributed by atoms with Crippen LogP contribution in [0.3, 0.4) is 0 Å². The van der Waals surface area contributed by atoms with Gasteiger partial charge in [-0.25, -0.2) is 0 Å². The molecule has 0 aromatic carbocycles. The van der Waals surface area contributed by atoms with Crippen LogP contribution in [0.4, 0.5) is 0 Å². The smallest absolute Gasteiger partial charge is 0.230 e. The van der Waals surface area contributed by atoms with E-state index in [0.717, 1.165) is 51.6 Å². The van der Waals surface area contributed by atoms with E-state index in [1.165, 1.54) is 0 Å². The summed E-state index contributed by atoms with van der Waals surface area (Å²) in [6, 6.07) is 0. The van der Waals surface area contributed by atoms with Crippen LogP contribution in [0.5, 0.6) is 0 Å². The molecule has 0 bridgehead atoms. The highest BCUT2D eigenvalue weighted by Crippen LogP contribution is 2.63. The van der Waals surface area contributed by atoms with Crippen LogP contribution in [0.25, 0.3) is 0 Å². The van der Waals surface area contributed by atoms with Gasteiger partial charge in [0.15, 0.2) is 0 Å². The van der Waals surface area contributed by atoms with Gasteiger partial charge in [-0.3, -0.25) is 4.79 Å². The Bertz CT molecular complexity index is 326. The molecule has 4 nitrogen and oxygen atoms in total. The maximum atomic E-state index is 12.5. The van der Waals surface area contributed by atoms with Crippen LogP contribution in [0.1, 0.15) is 38.5 Å². The molecule has 3 fully saturated rings. The molecular formula is C13H22N2O2. The molecule has 0 unspecified atom stereocenters. The second kappa shape index (κ2) is 3.69. The second-order valence-corrected chi connectivity index (χ2v) is 6.16. The highest BCUT2D eigenvalue weighted by molar-refractivity contribution is 5.87. The average molecular weight is 238 g/mol. The molecule has 0 atom stereocenters. The molecule has 1 amide bonds. The van der Waals surface area contributed by atoms with Crippen LogP contribution in [0.15, 0.2) is 0 Å². The molecule has 1 saturated heterocycles. The van der Waals surface area contributed by atoms with Crippen molar-refractivity contribution in [3.8, 4) is 0 Å². The number of piperidine rings is 1. The molecule has 0 aromatic heterocycles. The standard InChI is InChI=1S/C13H22N2O2/c14-13(5-6-13)12(3-4-12)11(17)15-7-1-10(9-16)2-8-15/h10,16H,1-9,14H2. The van der Waals surface area contributed by atoms with Gasteiger partial charge in [0.05, 0.1) is 5.41 Å². The zero-order valence-corrected chi connectivity index (χ0v) is 10.3. The van der Waals surface area contributed by atoms with E-state index in [1.807, 2.05) is 4.90 Å². The number of aliphatic hydroxyl groups excluding tert-OH is 1. The Kier molecular flexibility index (Phi) is 2.49. The summed E-state index contributed by atoms with van der Waals surface area (Å²) in [4.78, 5) is 14.5. The summed E-state index contributed by atoms with van der Waals surface area (Å²) >= 11 is 0. The highest BCUT2D eigenvalue weighted by atomic mass is 16.3. The van der Waals surface area contributed by atoms with Crippen LogP contribution in [-0.2, 0) is 4.79 Å². The molecule has 1 aliphatic heterocycles. The van der Waals surface area contributed by atoms with Crippen LogP contribution in [0, 0.1) is 11.3 Å². The summed E-state index contributed by atoms with van der Waals surface area (Å²) in [7, 11) is 0. The predicted molar refractivity (Wildman–Crippen MR) is 64.2 cm³/mol. The van der Waals surface area contributed by atoms with E-state index in [2.05, 4.69) is 0 Å². The first kappa shape index (κ1) is 11.5. The average Bonchev–Trinajstić information content (AvgIpc) is 3.24. The largest absolute Gasteiger partial charge is 0.396 e. The van der Waals surface area contributed by atoms with Gasteiger partial charge in [0.25, 0.3) is 0 Å². The summed E-state index contributed by atoms with van der Waals surface area (Å²) in [6.07, 6.45) is 5.90. The molecule has 96 valence electrons. The van der Waals surface area contributed by atoms with Crippen molar-refractivity contribution < 1.29 is 9.90 Å². The molecule has 4 heteroatoms. The van der Waals surface area contributed by atoms with Crippen LogP contribution < -0.4 is 5.73 Å². The number of hydrogen-bond donors (Lipinski definition) is 2. The van der Waals surface area contributed by atoms with Crippen molar-refractivity contribution >= 4 is 5.91 Å². The lowest BCUT2D eigenvalue weighted by Crippen LogP contribution is -2.50. The number of rotatable bonds is 3. The Balaban J connectivity index is 1.64. The van der Waals surface area contributed by atoms with E-state index in [0.29, 0.717) is 11.8 Å². The molecule has 3 rings (SSSR count). The van der Waals surface area contributed by atoms with Crippen molar-refractivity contribution in [1.82, 2.24) is 4.90 Å². The van der Waals surface area contributed by atoms with Crippen molar-refractivity contribution in [2.75, 3.05) is 19.7 Å². The summed E-state index contributed by atoms with van der Waals surface area (Å²) < 4.78 is 0. The van der Waals surface area contributed by atoms with Crippen LogP contribution in [0.2, 0.25) is 0 Å². The molecule has 2 saturated carbocycles. The summed E-state index contributed by atoms with van der Waals surface area (Å²) in [5.74, 6) is 0.691. The number of nitrogens with zero attached hydrogens (tertiary/aromatic N) is 1. The first-order valence-electron chi connectivity index (χ1n) is 6.80. The van der Waals surface area contributed by atoms with Gasteiger partial charge in [-0.15, -0.1) is 0 Å². The van der Waals surface area contributed by atoms with E-state index in [1.54, 1.807) is 0 Å². The zero-order valence-electron chi connectivity index (χ0n) is 10.3. The molecule has 3 aliphatic rings. The lowest BCUT2D eigenvalue weighted by molar-refractivity contribution is -0.140. The quantitative estimate of drug-likeness (QED) is 0.752. The fourth-order valence-electron chi connectivity index (χ4n) is 3.28. The number of likely N-dealkylation sites (tertiary alicyclic amines) is 1. The van der Waals surface area contributed by atoms with E-state index in [9.17, 15) is 4.79 Å². The Hall–Kier alpha value is -0.610. The topological polar surface area (TPSA) is 66.6 Å². The first-order valence-corrected chi connectivity index (χ1v) is 6.80. The molecule has 0 aromatic rings. The van der Waals surface area contributed by atoms with E-state index >= 15 is 0 Å². The summed E-state index contributed by atoms with van der Waals surface area (Å²) in [6.45, 7) is 1.87. The van der Waals surface area contributed by atoms with Gasteiger partial charge >= 0.3 is 0 Å². The zero-order chi connectivity index (χ0) is 12.1. The van der Waals surface area contributed by atoms with Crippen LogP contribution in [-0.4, -0.2) is 41.1 Å². The Labute approximate surface area is 102 Å². The molecule has 17 heavy (non-hydrogen) atoms. The third-order valence-electron chi connectivity index (χ3n) is 5.06. The van der Waals surface area contributed by atoms with Gasteiger partial charge in [-0.1, -0.05) is 0 Å². The number of hydrogen-bond acceptors (Lipinski definition) is 3. The Morgan fingerprint density at radius 3 is 2.24 bits per heavy atom. The molecular weight excluding hydrogens is 216 g/mol. The van der Waals surface area contributed by atoms with E-state index in [-0.39, 0.29) is 17.6 Å². The van der Waals surface area contributed by atoms with E-state index < -0.39 is 0 Å². The minimum absolute atomic E-state index is 0.169. The highest BCUT2D eigenvalue weighted by Gasteiger charge is 2.68.